The van der Waals surface area contributed by atoms with Crippen LogP contribution in [0.3, 0.4) is 0 Å². The molecule has 128 valence electrons. The van der Waals surface area contributed by atoms with Crippen LogP contribution in [0.15, 0.2) is 53.6 Å². The monoisotopic (exact) mass is 338 g/mol. The van der Waals surface area contributed by atoms with Gasteiger partial charge in [0.15, 0.2) is 5.76 Å². The van der Waals surface area contributed by atoms with Crippen LogP contribution in [0.2, 0.25) is 0 Å². The second-order valence-corrected chi connectivity index (χ2v) is 5.71. The highest BCUT2D eigenvalue weighted by Crippen LogP contribution is 2.29. The molecule has 1 atom stereocenters. The summed E-state index contributed by atoms with van der Waals surface area (Å²) >= 11 is 0. The number of amides is 1. The van der Waals surface area contributed by atoms with Gasteiger partial charge in [0.1, 0.15) is 17.4 Å². The summed E-state index contributed by atoms with van der Waals surface area (Å²) in [5, 5.41) is 13.9. The molecule has 1 unspecified atom stereocenters. The number of aliphatic hydroxyl groups is 1. The van der Waals surface area contributed by atoms with Crippen molar-refractivity contribution in [3.63, 3.8) is 0 Å². The third kappa shape index (κ3) is 3.56. The normalized spacial score (nSPS) is 12.0. The molecular weight excluding hydrogens is 320 g/mol. The molecule has 3 aromatic rings. The van der Waals surface area contributed by atoms with E-state index in [1.807, 2.05) is 12.1 Å². The minimum absolute atomic E-state index is 0.141. The van der Waals surface area contributed by atoms with Crippen molar-refractivity contribution >= 4 is 5.91 Å². The average Bonchev–Trinajstić information content (AvgIpc) is 3.08. The van der Waals surface area contributed by atoms with E-state index in [1.54, 1.807) is 44.0 Å². The third-order valence-corrected chi connectivity index (χ3v) is 3.74. The first-order chi connectivity index (χ1) is 12.1. The van der Waals surface area contributed by atoms with Crippen LogP contribution in [-0.2, 0) is 6.54 Å². The molecule has 3 heterocycles. The zero-order valence-corrected chi connectivity index (χ0v) is 14.0. The highest BCUT2D eigenvalue weighted by Gasteiger charge is 2.28. The molecule has 3 rings (SSSR count). The van der Waals surface area contributed by atoms with Crippen molar-refractivity contribution in [3.8, 4) is 11.3 Å². The van der Waals surface area contributed by atoms with E-state index in [0.717, 1.165) is 5.56 Å². The molecule has 0 aliphatic carbocycles. The van der Waals surface area contributed by atoms with Gasteiger partial charge in [-0.05, 0) is 30.7 Å². The van der Waals surface area contributed by atoms with E-state index in [1.165, 1.54) is 11.8 Å². The molecular formula is C18H18N4O3. The van der Waals surface area contributed by atoms with E-state index < -0.39 is 6.10 Å². The Balaban J connectivity index is 1.97. The summed E-state index contributed by atoms with van der Waals surface area (Å²) in [5.74, 6) is -0.151. The summed E-state index contributed by atoms with van der Waals surface area (Å²) in [6.45, 7) is 1.91. The Morgan fingerprint density at radius 1 is 1.24 bits per heavy atom. The molecule has 7 nitrogen and oxygen atoms in total. The predicted molar refractivity (Wildman–Crippen MR) is 90.4 cm³/mol. The van der Waals surface area contributed by atoms with E-state index in [9.17, 15) is 9.90 Å². The Kier molecular flexibility index (Phi) is 4.85. The lowest BCUT2D eigenvalue weighted by Gasteiger charge is -2.18. The SMILES string of the molecule is CC(O)c1onc(-c2cccnc2)c1C(=O)N(C)Cc1cccnc1. The smallest absolute Gasteiger partial charge is 0.259 e. The van der Waals surface area contributed by atoms with Crippen LogP contribution in [0.5, 0.6) is 0 Å². The third-order valence-electron chi connectivity index (χ3n) is 3.74. The van der Waals surface area contributed by atoms with Crippen molar-refractivity contribution in [3.05, 3.63) is 65.9 Å². The fourth-order valence-electron chi connectivity index (χ4n) is 2.52. The molecule has 0 aliphatic heterocycles. The average molecular weight is 338 g/mol. The molecule has 0 saturated carbocycles. The number of rotatable bonds is 5. The fraction of sp³-hybridized carbons (Fsp3) is 0.222. The maximum atomic E-state index is 13.0. The molecule has 1 N–H and O–H groups in total. The van der Waals surface area contributed by atoms with Crippen LogP contribution >= 0.6 is 0 Å². The van der Waals surface area contributed by atoms with E-state index in [4.69, 9.17) is 4.52 Å². The van der Waals surface area contributed by atoms with Crippen molar-refractivity contribution in [1.82, 2.24) is 20.0 Å². The standard InChI is InChI=1S/C18H18N4O3/c1-12(23)17-15(16(21-25-17)14-6-4-8-20-10-14)18(24)22(2)11-13-5-3-7-19-9-13/h3-10,12,23H,11H2,1-2H3. The first-order valence-electron chi connectivity index (χ1n) is 7.80. The van der Waals surface area contributed by atoms with E-state index in [2.05, 4.69) is 15.1 Å². The van der Waals surface area contributed by atoms with Crippen LogP contribution < -0.4 is 0 Å². The summed E-state index contributed by atoms with van der Waals surface area (Å²) in [4.78, 5) is 22.6. The van der Waals surface area contributed by atoms with Crippen LogP contribution in [0, 0.1) is 0 Å². The quantitative estimate of drug-likeness (QED) is 0.768. The number of carbonyl (C=O) groups is 1. The molecule has 0 aliphatic rings. The van der Waals surface area contributed by atoms with Crippen LogP contribution in [0.1, 0.15) is 34.7 Å². The van der Waals surface area contributed by atoms with Crippen molar-refractivity contribution in [1.29, 1.82) is 0 Å². The second-order valence-electron chi connectivity index (χ2n) is 5.71. The highest BCUT2D eigenvalue weighted by molar-refractivity contribution is 6.00. The second kappa shape index (κ2) is 7.23. The number of pyridine rings is 2. The molecule has 0 spiro atoms. The van der Waals surface area contributed by atoms with Gasteiger partial charge < -0.3 is 14.5 Å². The summed E-state index contributed by atoms with van der Waals surface area (Å²) < 4.78 is 5.25. The lowest BCUT2D eigenvalue weighted by molar-refractivity contribution is 0.0773. The number of aliphatic hydroxyl groups excluding tert-OH is 1. The van der Waals surface area contributed by atoms with Crippen molar-refractivity contribution in [2.45, 2.75) is 19.6 Å². The van der Waals surface area contributed by atoms with Gasteiger partial charge in [-0.3, -0.25) is 14.8 Å². The predicted octanol–water partition coefficient (Wildman–Crippen LogP) is 2.46. The Bertz CT molecular complexity index is 847. The van der Waals surface area contributed by atoms with Gasteiger partial charge in [-0.2, -0.15) is 0 Å². The topological polar surface area (TPSA) is 92.3 Å². The summed E-state index contributed by atoms with van der Waals surface area (Å²) in [7, 11) is 1.68. The first kappa shape index (κ1) is 16.8. The Labute approximate surface area is 144 Å². The molecule has 0 fully saturated rings. The van der Waals surface area contributed by atoms with Gasteiger partial charge in [0, 0.05) is 43.9 Å². The van der Waals surface area contributed by atoms with Crippen molar-refractivity contribution in [2.24, 2.45) is 0 Å². The van der Waals surface area contributed by atoms with Crippen molar-refractivity contribution in [2.75, 3.05) is 7.05 Å². The zero-order chi connectivity index (χ0) is 17.8. The number of aromatic nitrogens is 3. The van der Waals surface area contributed by atoms with E-state index in [-0.39, 0.29) is 17.2 Å². The minimum Gasteiger partial charge on any atom is -0.385 e. The van der Waals surface area contributed by atoms with Gasteiger partial charge >= 0.3 is 0 Å². The molecule has 0 bridgehead atoms. The molecule has 0 saturated heterocycles. The Morgan fingerprint density at radius 2 is 1.96 bits per heavy atom. The summed E-state index contributed by atoms with van der Waals surface area (Å²) in [5.41, 5.74) is 2.16. The minimum atomic E-state index is -0.955. The number of hydrogen-bond acceptors (Lipinski definition) is 6. The number of hydrogen-bond donors (Lipinski definition) is 1. The van der Waals surface area contributed by atoms with Gasteiger partial charge in [0.2, 0.25) is 0 Å². The van der Waals surface area contributed by atoms with E-state index in [0.29, 0.717) is 17.8 Å². The summed E-state index contributed by atoms with van der Waals surface area (Å²) in [6, 6.07) is 7.24. The zero-order valence-electron chi connectivity index (χ0n) is 14.0. The molecule has 7 heteroatoms. The van der Waals surface area contributed by atoms with Gasteiger partial charge in [-0.25, -0.2) is 0 Å². The van der Waals surface area contributed by atoms with Crippen molar-refractivity contribution < 1.29 is 14.4 Å². The molecule has 3 aromatic heterocycles. The highest BCUT2D eigenvalue weighted by atomic mass is 16.5. The van der Waals surface area contributed by atoms with Crippen LogP contribution in [0.25, 0.3) is 11.3 Å². The Morgan fingerprint density at radius 3 is 2.56 bits per heavy atom. The number of nitrogens with zero attached hydrogens (tertiary/aromatic N) is 4. The number of carbonyl (C=O) groups excluding carboxylic acids is 1. The maximum Gasteiger partial charge on any atom is 0.259 e. The van der Waals surface area contributed by atoms with Crippen LogP contribution in [-0.4, -0.2) is 38.1 Å². The molecule has 0 aromatic carbocycles. The Hall–Kier alpha value is -3.06. The molecule has 0 radical (unpaired) electrons. The molecule has 25 heavy (non-hydrogen) atoms. The largest absolute Gasteiger partial charge is 0.385 e. The van der Waals surface area contributed by atoms with Crippen LogP contribution in [0.4, 0.5) is 0 Å². The van der Waals surface area contributed by atoms with Gasteiger partial charge in [-0.1, -0.05) is 11.2 Å². The first-order valence-corrected chi connectivity index (χ1v) is 7.80. The fourth-order valence-corrected chi connectivity index (χ4v) is 2.52. The van der Waals surface area contributed by atoms with Gasteiger partial charge in [-0.15, -0.1) is 0 Å². The van der Waals surface area contributed by atoms with Gasteiger partial charge in [0.05, 0.1) is 0 Å². The maximum absolute atomic E-state index is 13.0. The molecule has 1 amide bonds. The van der Waals surface area contributed by atoms with E-state index >= 15 is 0 Å². The lowest BCUT2D eigenvalue weighted by Crippen LogP contribution is -2.27. The lowest BCUT2D eigenvalue weighted by atomic mass is 10.0. The van der Waals surface area contributed by atoms with Gasteiger partial charge in [0.25, 0.3) is 5.91 Å². The summed E-state index contributed by atoms with van der Waals surface area (Å²) in [6.07, 6.45) is 5.66.